The lowest BCUT2D eigenvalue weighted by Gasteiger charge is -2.18. The minimum atomic E-state index is 0.705. The van der Waals surface area contributed by atoms with Gasteiger partial charge in [-0.05, 0) is 49.9 Å². The van der Waals surface area contributed by atoms with Crippen molar-refractivity contribution in [3.05, 3.63) is 34.9 Å². The van der Waals surface area contributed by atoms with Crippen LogP contribution >= 0.6 is 11.6 Å². The number of rotatable bonds is 9. The van der Waals surface area contributed by atoms with E-state index in [1.54, 1.807) is 0 Å². The summed E-state index contributed by atoms with van der Waals surface area (Å²) >= 11 is 6.24. The molecule has 1 atom stereocenters. The molecule has 0 heterocycles. The quantitative estimate of drug-likeness (QED) is 0.640. The maximum absolute atomic E-state index is 6.24. The van der Waals surface area contributed by atoms with Gasteiger partial charge in [-0.25, -0.2) is 0 Å². The largest absolute Gasteiger partial charge is 0.316 e. The number of nitrogens with one attached hydrogen (secondary N) is 1. The van der Waals surface area contributed by atoms with Crippen molar-refractivity contribution in [3.63, 3.8) is 0 Å². The highest BCUT2D eigenvalue weighted by Gasteiger charge is 2.10. The first-order valence-electron chi connectivity index (χ1n) is 7.22. The molecule has 0 saturated carbocycles. The Kier molecular flexibility index (Phi) is 8.11. The predicted molar refractivity (Wildman–Crippen MR) is 81.3 cm³/mol. The number of halogens is 1. The van der Waals surface area contributed by atoms with Crippen molar-refractivity contribution in [1.82, 2.24) is 5.32 Å². The molecule has 0 aliphatic carbocycles. The maximum atomic E-state index is 6.24. The minimum absolute atomic E-state index is 0.705. The molecule has 1 rings (SSSR count). The Labute approximate surface area is 117 Å². The van der Waals surface area contributed by atoms with E-state index in [4.69, 9.17) is 11.6 Å². The summed E-state index contributed by atoms with van der Waals surface area (Å²) < 4.78 is 0. The van der Waals surface area contributed by atoms with Crippen LogP contribution in [0.15, 0.2) is 24.3 Å². The highest BCUT2D eigenvalue weighted by Crippen LogP contribution is 2.21. The van der Waals surface area contributed by atoms with Crippen LogP contribution in [0.4, 0.5) is 0 Å². The lowest BCUT2D eigenvalue weighted by atomic mass is 9.94. The SMILES string of the molecule is CCCCC(CNCCC)Cc1ccccc1Cl. The summed E-state index contributed by atoms with van der Waals surface area (Å²) in [4.78, 5) is 0. The molecule has 1 N–H and O–H groups in total. The van der Waals surface area contributed by atoms with Gasteiger partial charge in [-0.2, -0.15) is 0 Å². The van der Waals surface area contributed by atoms with Gasteiger partial charge < -0.3 is 5.32 Å². The lowest BCUT2D eigenvalue weighted by molar-refractivity contribution is 0.429. The molecule has 1 aromatic carbocycles. The Morgan fingerprint density at radius 1 is 1.17 bits per heavy atom. The zero-order chi connectivity index (χ0) is 13.2. The van der Waals surface area contributed by atoms with Crippen LogP contribution in [0.25, 0.3) is 0 Å². The van der Waals surface area contributed by atoms with E-state index >= 15 is 0 Å². The molecule has 2 heteroatoms. The van der Waals surface area contributed by atoms with Gasteiger partial charge in [0, 0.05) is 5.02 Å². The van der Waals surface area contributed by atoms with Gasteiger partial charge in [-0.3, -0.25) is 0 Å². The molecular formula is C16H26ClN. The van der Waals surface area contributed by atoms with Crippen molar-refractivity contribution in [2.24, 2.45) is 5.92 Å². The van der Waals surface area contributed by atoms with Gasteiger partial charge in [-0.15, -0.1) is 0 Å². The fraction of sp³-hybridized carbons (Fsp3) is 0.625. The molecule has 0 bridgehead atoms. The van der Waals surface area contributed by atoms with Crippen LogP contribution in [0.2, 0.25) is 5.02 Å². The number of unbranched alkanes of at least 4 members (excludes halogenated alkanes) is 1. The summed E-state index contributed by atoms with van der Waals surface area (Å²) in [5, 5.41) is 4.45. The van der Waals surface area contributed by atoms with E-state index in [0.717, 1.165) is 24.5 Å². The van der Waals surface area contributed by atoms with E-state index in [9.17, 15) is 0 Å². The molecular weight excluding hydrogens is 242 g/mol. The first-order valence-corrected chi connectivity index (χ1v) is 7.59. The molecule has 0 amide bonds. The van der Waals surface area contributed by atoms with Gasteiger partial charge in [0.1, 0.15) is 0 Å². The molecule has 0 aromatic heterocycles. The summed E-state index contributed by atoms with van der Waals surface area (Å²) in [6.07, 6.45) is 6.16. The molecule has 0 aliphatic rings. The molecule has 1 nitrogen and oxygen atoms in total. The van der Waals surface area contributed by atoms with Crippen LogP contribution in [0.5, 0.6) is 0 Å². The number of benzene rings is 1. The number of hydrogen-bond donors (Lipinski definition) is 1. The van der Waals surface area contributed by atoms with Crippen molar-refractivity contribution in [2.45, 2.75) is 46.0 Å². The second kappa shape index (κ2) is 9.41. The molecule has 1 aromatic rings. The molecule has 0 radical (unpaired) electrons. The standard InChI is InChI=1S/C16H26ClN/c1-3-5-8-14(13-18-11-4-2)12-15-9-6-7-10-16(15)17/h6-7,9-10,14,18H,3-5,8,11-13H2,1-2H3. The average Bonchev–Trinajstić information content (AvgIpc) is 2.38. The van der Waals surface area contributed by atoms with Crippen LogP contribution in [-0.4, -0.2) is 13.1 Å². The topological polar surface area (TPSA) is 12.0 Å². The van der Waals surface area contributed by atoms with E-state index in [2.05, 4.69) is 31.3 Å². The van der Waals surface area contributed by atoms with Crippen molar-refractivity contribution < 1.29 is 0 Å². The van der Waals surface area contributed by atoms with Gasteiger partial charge in [0.2, 0.25) is 0 Å². The Hall–Kier alpha value is -0.530. The van der Waals surface area contributed by atoms with E-state index in [1.165, 1.54) is 31.2 Å². The fourth-order valence-electron chi connectivity index (χ4n) is 2.23. The van der Waals surface area contributed by atoms with E-state index in [0.29, 0.717) is 5.92 Å². The fourth-order valence-corrected chi connectivity index (χ4v) is 2.44. The second-order valence-corrected chi connectivity index (χ2v) is 5.42. The van der Waals surface area contributed by atoms with E-state index in [1.807, 2.05) is 12.1 Å². The molecule has 0 spiro atoms. The summed E-state index contributed by atoms with van der Waals surface area (Å²) in [6.45, 7) is 6.69. The highest BCUT2D eigenvalue weighted by molar-refractivity contribution is 6.31. The van der Waals surface area contributed by atoms with Crippen LogP contribution in [0.3, 0.4) is 0 Å². The van der Waals surface area contributed by atoms with Crippen molar-refractivity contribution in [2.75, 3.05) is 13.1 Å². The molecule has 18 heavy (non-hydrogen) atoms. The van der Waals surface area contributed by atoms with E-state index in [-0.39, 0.29) is 0 Å². The van der Waals surface area contributed by atoms with Crippen molar-refractivity contribution in [1.29, 1.82) is 0 Å². The third kappa shape index (κ3) is 5.88. The maximum Gasteiger partial charge on any atom is 0.0438 e. The Morgan fingerprint density at radius 3 is 2.61 bits per heavy atom. The molecule has 0 aliphatic heterocycles. The van der Waals surface area contributed by atoms with Gasteiger partial charge in [0.25, 0.3) is 0 Å². The predicted octanol–water partition coefficient (Wildman–Crippen LogP) is 4.69. The Balaban J connectivity index is 2.51. The van der Waals surface area contributed by atoms with Gasteiger partial charge in [0.05, 0.1) is 0 Å². The lowest BCUT2D eigenvalue weighted by Crippen LogP contribution is -2.25. The van der Waals surface area contributed by atoms with Crippen molar-refractivity contribution >= 4 is 11.6 Å². The summed E-state index contributed by atoms with van der Waals surface area (Å²) in [5.74, 6) is 0.705. The van der Waals surface area contributed by atoms with Gasteiger partial charge in [-0.1, -0.05) is 56.5 Å². The Morgan fingerprint density at radius 2 is 1.94 bits per heavy atom. The summed E-state index contributed by atoms with van der Waals surface area (Å²) in [7, 11) is 0. The van der Waals surface area contributed by atoms with Crippen molar-refractivity contribution in [3.8, 4) is 0 Å². The third-order valence-corrected chi connectivity index (χ3v) is 3.66. The third-order valence-electron chi connectivity index (χ3n) is 3.29. The summed E-state index contributed by atoms with van der Waals surface area (Å²) in [5.41, 5.74) is 1.29. The van der Waals surface area contributed by atoms with Gasteiger partial charge in [0.15, 0.2) is 0 Å². The van der Waals surface area contributed by atoms with E-state index < -0.39 is 0 Å². The van der Waals surface area contributed by atoms with Gasteiger partial charge >= 0.3 is 0 Å². The molecule has 1 unspecified atom stereocenters. The summed E-state index contributed by atoms with van der Waals surface area (Å²) in [6, 6.07) is 8.23. The normalized spacial score (nSPS) is 12.6. The van der Waals surface area contributed by atoms with Crippen LogP contribution < -0.4 is 5.32 Å². The smallest absolute Gasteiger partial charge is 0.0438 e. The van der Waals surface area contributed by atoms with Crippen LogP contribution in [0.1, 0.15) is 45.1 Å². The van der Waals surface area contributed by atoms with Crippen LogP contribution in [-0.2, 0) is 6.42 Å². The minimum Gasteiger partial charge on any atom is -0.316 e. The average molecular weight is 268 g/mol. The molecule has 102 valence electrons. The Bertz CT molecular complexity index is 325. The highest BCUT2D eigenvalue weighted by atomic mass is 35.5. The molecule has 0 fully saturated rings. The first-order chi connectivity index (χ1) is 8.77. The number of hydrogen-bond acceptors (Lipinski definition) is 1. The first kappa shape index (κ1) is 15.5. The molecule has 0 saturated heterocycles. The second-order valence-electron chi connectivity index (χ2n) is 5.01. The van der Waals surface area contributed by atoms with Crippen LogP contribution in [0, 0.1) is 5.92 Å². The zero-order valence-corrected chi connectivity index (χ0v) is 12.5. The monoisotopic (exact) mass is 267 g/mol. The zero-order valence-electron chi connectivity index (χ0n) is 11.7.